The molecule has 1 N–H and O–H groups in total. The highest BCUT2D eigenvalue weighted by molar-refractivity contribution is 7.18. The number of hydrogen-bond donors (Lipinski definition) is 1. The molecule has 1 unspecified atom stereocenters. The van der Waals surface area contributed by atoms with Crippen LogP contribution in [0, 0.1) is 6.92 Å². The van der Waals surface area contributed by atoms with Crippen LogP contribution < -0.4 is 5.32 Å². The summed E-state index contributed by atoms with van der Waals surface area (Å²) in [5.41, 5.74) is 2.46. The second-order valence-corrected chi connectivity index (χ2v) is 5.94. The zero-order valence-electron chi connectivity index (χ0n) is 10.2. The summed E-state index contributed by atoms with van der Waals surface area (Å²) in [6.07, 6.45) is 5.22. The molecule has 1 atom stereocenters. The number of aromatic nitrogens is 1. The van der Waals surface area contributed by atoms with Crippen LogP contribution in [0.5, 0.6) is 0 Å². The molecule has 90 valence electrons. The van der Waals surface area contributed by atoms with Gasteiger partial charge in [-0.15, -0.1) is 11.3 Å². The van der Waals surface area contributed by atoms with Gasteiger partial charge < -0.3 is 5.32 Å². The molecule has 0 radical (unpaired) electrons. The first-order valence-electron chi connectivity index (χ1n) is 6.43. The lowest BCUT2D eigenvalue weighted by molar-refractivity contribution is 0.533. The van der Waals surface area contributed by atoms with Crippen LogP contribution in [-0.4, -0.2) is 11.5 Å². The predicted octanol–water partition coefficient (Wildman–Crippen LogP) is 3.81. The standard InChI is InChI=1S/C14H18N2S/c1-10-6-7-13-12(9-10)16-14(17-13)11-5-3-2-4-8-15-11/h6-7,9,11,15H,2-5,8H2,1H3. The molecule has 1 aromatic carbocycles. The molecule has 0 spiro atoms. The second kappa shape index (κ2) is 4.75. The molecule has 1 aliphatic rings. The second-order valence-electron chi connectivity index (χ2n) is 4.88. The third kappa shape index (κ3) is 2.35. The van der Waals surface area contributed by atoms with Crippen molar-refractivity contribution in [2.75, 3.05) is 6.54 Å². The van der Waals surface area contributed by atoms with Crippen molar-refractivity contribution in [2.24, 2.45) is 0 Å². The largest absolute Gasteiger partial charge is 0.308 e. The van der Waals surface area contributed by atoms with Gasteiger partial charge in [-0.1, -0.05) is 18.9 Å². The first-order valence-corrected chi connectivity index (χ1v) is 7.25. The van der Waals surface area contributed by atoms with Crippen molar-refractivity contribution < 1.29 is 0 Å². The minimum atomic E-state index is 0.482. The average molecular weight is 246 g/mol. The highest BCUT2D eigenvalue weighted by atomic mass is 32.1. The van der Waals surface area contributed by atoms with Crippen molar-refractivity contribution >= 4 is 21.6 Å². The summed E-state index contributed by atoms with van der Waals surface area (Å²) in [5, 5.41) is 4.89. The molecule has 2 aromatic rings. The molecule has 1 fully saturated rings. The zero-order valence-corrected chi connectivity index (χ0v) is 11.0. The van der Waals surface area contributed by atoms with E-state index in [1.807, 2.05) is 11.3 Å². The molecule has 17 heavy (non-hydrogen) atoms. The van der Waals surface area contributed by atoms with Gasteiger partial charge in [-0.05, 0) is 44.0 Å². The van der Waals surface area contributed by atoms with E-state index in [1.165, 1.54) is 41.0 Å². The maximum Gasteiger partial charge on any atom is 0.111 e. The Kier molecular flexibility index (Phi) is 3.12. The summed E-state index contributed by atoms with van der Waals surface area (Å²) in [6, 6.07) is 7.04. The monoisotopic (exact) mass is 246 g/mol. The number of rotatable bonds is 1. The molecule has 0 aliphatic carbocycles. The zero-order chi connectivity index (χ0) is 11.7. The molecule has 0 saturated carbocycles. The molecule has 0 amide bonds. The molecular formula is C14H18N2S. The van der Waals surface area contributed by atoms with E-state index in [0.717, 1.165) is 12.1 Å². The van der Waals surface area contributed by atoms with Gasteiger partial charge in [0.25, 0.3) is 0 Å². The molecule has 3 heteroatoms. The van der Waals surface area contributed by atoms with Gasteiger partial charge in [-0.3, -0.25) is 0 Å². The molecule has 1 saturated heterocycles. The van der Waals surface area contributed by atoms with Crippen LogP contribution in [0.3, 0.4) is 0 Å². The van der Waals surface area contributed by atoms with E-state index in [1.54, 1.807) is 0 Å². The van der Waals surface area contributed by atoms with E-state index in [4.69, 9.17) is 4.98 Å². The van der Waals surface area contributed by atoms with E-state index in [-0.39, 0.29) is 0 Å². The van der Waals surface area contributed by atoms with E-state index < -0.39 is 0 Å². The third-order valence-electron chi connectivity index (χ3n) is 3.42. The van der Waals surface area contributed by atoms with Gasteiger partial charge in [0.15, 0.2) is 0 Å². The smallest absolute Gasteiger partial charge is 0.111 e. The minimum Gasteiger partial charge on any atom is -0.308 e. The average Bonchev–Trinajstić information content (AvgIpc) is 2.57. The number of hydrogen-bond acceptors (Lipinski definition) is 3. The topological polar surface area (TPSA) is 24.9 Å². The van der Waals surface area contributed by atoms with Crippen molar-refractivity contribution in [3.05, 3.63) is 28.8 Å². The van der Waals surface area contributed by atoms with Gasteiger partial charge in [-0.2, -0.15) is 0 Å². The summed E-state index contributed by atoms with van der Waals surface area (Å²) in [7, 11) is 0. The fraction of sp³-hybridized carbons (Fsp3) is 0.500. The Morgan fingerprint density at radius 3 is 3.18 bits per heavy atom. The first-order chi connectivity index (χ1) is 8.33. The molecule has 3 rings (SSSR count). The summed E-state index contributed by atoms with van der Waals surface area (Å²) >= 11 is 1.85. The summed E-state index contributed by atoms with van der Waals surface area (Å²) in [5.74, 6) is 0. The highest BCUT2D eigenvalue weighted by Gasteiger charge is 2.17. The molecule has 0 bridgehead atoms. The van der Waals surface area contributed by atoms with Crippen molar-refractivity contribution in [1.29, 1.82) is 0 Å². The fourth-order valence-corrected chi connectivity index (χ4v) is 3.50. The quantitative estimate of drug-likeness (QED) is 0.827. The maximum atomic E-state index is 4.79. The van der Waals surface area contributed by atoms with Gasteiger partial charge in [0.05, 0.1) is 16.3 Å². The van der Waals surface area contributed by atoms with Gasteiger partial charge in [0.2, 0.25) is 0 Å². The SMILES string of the molecule is Cc1ccc2sc(C3CCCCCN3)nc2c1. The molecule has 1 aliphatic heterocycles. The van der Waals surface area contributed by atoms with Gasteiger partial charge in [-0.25, -0.2) is 4.98 Å². The van der Waals surface area contributed by atoms with E-state index in [9.17, 15) is 0 Å². The number of fused-ring (bicyclic) bond motifs is 1. The van der Waals surface area contributed by atoms with Crippen LogP contribution in [-0.2, 0) is 0 Å². The van der Waals surface area contributed by atoms with Gasteiger partial charge in [0, 0.05) is 0 Å². The normalized spacial score (nSPS) is 21.6. The Morgan fingerprint density at radius 1 is 1.29 bits per heavy atom. The molecule has 1 aromatic heterocycles. The number of aryl methyl sites for hydroxylation is 1. The Hall–Kier alpha value is -0.930. The fourth-order valence-electron chi connectivity index (χ4n) is 2.44. The van der Waals surface area contributed by atoms with Crippen LogP contribution in [0.25, 0.3) is 10.2 Å². The lowest BCUT2D eigenvalue weighted by atomic mass is 10.1. The van der Waals surface area contributed by atoms with Crippen molar-refractivity contribution in [3.63, 3.8) is 0 Å². The number of nitrogens with zero attached hydrogens (tertiary/aromatic N) is 1. The Bertz CT molecular complexity index is 510. The van der Waals surface area contributed by atoms with Crippen LogP contribution in [0.4, 0.5) is 0 Å². The van der Waals surface area contributed by atoms with E-state index in [2.05, 4.69) is 30.4 Å². The van der Waals surface area contributed by atoms with Crippen molar-refractivity contribution in [2.45, 2.75) is 38.6 Å². The summed E-state index contributed by atoms with van der Waals surface area (Å²) < 4.78 is 1.32. The van der Waals surface area contributed by atoms with Crippen molar-refractivity contribution in [3.8, 4) is 0 Å². The number of nitrogens with one attached hydrogen (secondary N) is 1. The Balaban J connectivity index is 1.93. The Morgan fingerprint density at radius 2 is 2.24 bits per heavy atom. The minimum absolute atomic E-state index is 0.482. The highest BCUT2D eigenvalue weighted by Crippen LogP contribution is 2.30. The van der Waals surface area contributed by atoms with Gasteiger partial charge >= 0.3 is 0 Å². The predicted molar refractivity (Wildman–Crippen MR) is 73.6 cm³/mol. The van der Waals surface area contributed by atoms with E-state index >= 15 is 0 Å². The summed E-state index contributed by atoms with van der Waals surface area (Å²) in [6.45, 7) is 3.27. The lowest BCUT2D eigenvalue weighted by Crippen LogP contribution is -2.19. The van der Waals surface area contributed by atoms with Crippen LogP contribution in [0.2, 0.25) is 0 Å². The van der Waals surface area contributed by atoms with E-state index in [0.29, 0.717) is 6.04 Å². The lowest BCUT2D eigenvalue weighted by Gasteiger charge is -2.11. The van der Waals surface area contributed by atoms with Crippen molar-refractivity contribution in [1.82, 2.24) is 10.3 Å². The molecular weight excluding hydrogens is 228 g/mol. The molecule has 2 heterocycles. The van der Waals surface area contributed by atoms with Crippen LogP contribution >= 0.6 is 11.3 Å². The van der Waals surface area contributed by atoms with Crippen LogP contribution in [0.15, 0.2) is 18.2 Å². The Labute approximate surface area is 106 Å². The third-order valence-corrected chi connectivity index (χ3v) is 4.57. The maximum absolute atomic E-state index is 4.79. The first kappa shape index (κ1) is 11.2. The summed E-state index contributed by atoms with van der Waals surface area (Å²) in [4.78, 5) is 4.79. The molecule has 2 nitrogen and oxygen atoms in total. The number of benzene rings is 1. The van der Waals surface area contributed by atoms with Crippen LogP contribution in [0.1, 0.15) is 42.3 Å². The number of thiazole rings is 1. The van der Waals surface area contributed by atoms with Gasteiger partial charge in [0.1, 0.15) is 5.01 Å².